The minimum atomic E-state index is -0.519. The lowest BCUT2D eigenvalue weighted by Gasteiger charge is -2.12. The Balaban J connectivity index is 1.54. The van der Waals surface area contributed by atoms with Gasteiger partial charge in [0.2, 0.25) is 5.91 Å². The summed E-state index contributed by atoms with van der Waals surface area (Å²) in [7, 11) is 0. The van der Waals surface area contributed by atoms with Crippen LogP contribution in [0.15, 0.2) is 76.7 Å². The summed E-state index contributed by atoms with van der Waals surface area (Å²) in [4.78, 5) is 44.6. The molecule has 0 unspecified atom stereocenters. The average Bonchev–Trinajstić information content (AvgIpc) is 3.24. The van der Waals surface area contributed by atoms with Crippen LogP contribution in [-0.2, 0) is 4.79 Å². The summed E-state index contributed by atoms with van der Waals surface area (Å²) in [5, 5.41) is 15.5. The number of halogens is 2. The largest absolute Gasteiger partial charge is 0.349 e. The molecule has 12 heteroatoms. The fourth-order valence-electron chi connectivity index (χ4n) is 3.69. The number of para-hydroxylation sites is 1. The van der Waals surface area contributed by atoms with Crippen molar-refractivity contribution in [3.05, 3.63) is 97.2 Å². The summed E-state index contributed by atoms with van der Waals surface area (Å²) in [6.45, 7) is 0. The second-order valence-electron chi connectivity index (χ2n) is 7.67. The molecular weight excluding hydrogens is 525 g/mol. The van der Waals surface area contributed by atoms with E-state index in [4.69, 9.17) is 28.2 Å². The van der Waals surface area contributed by atoms with Crippen LogP contribution >= 0.6 is 35.0 Å². The lowest BCUT2D eigenvalue weighted by molar-refractivity contribution is -0.384. The number of fused-ring (bicyclic) bond motifs is 3. The number of hydrogen-bond acceptors (Lipinski definition) is 6. The van der Waals surface area contributed by atoms with Crippen LogP contribution in [0.2, 0.25) is 10.0 Å². The zero-order valence-electron chi connectivity index (χ0n) is 18.2. The molecule has 180 valence electrons. The van der Waals surface area contributed by atoms with Gasteiger partial charge in [-0.15, -0.1) is 0 Å². The van der Waals surface area contributed by atoms with Crippen molar-refractivity contribution in [1.82, 2.24) is 14.5 Å². The third kappa shape index (κ3) is 4.53. The second kappa shape index (κ2) is 9.65. The number of benzene rings is 3. The van der Waals surface area contributed by atoms with Crippen molar-refractivity contribution in [3.63, 3.8) is 0 Å². The fraction of sp³-hybridized carbons (Fsp3) is 0.0417. The number of carbonyl (C=O) groups excluding carboxylic acids is 1. The van der Waals surface area contributed by atoms with Crippen LogP contribution < -0.4 is 10.9 Å². The zero-order chi connectivity index (χ0) is 25.4. The quantitative estimate of drug-likeness (QED) is 0.121. The van der Waals surface area contributed by atoms with E-state index in [1.807, 2.05) is 24.3 Å². The average molecular weight is 540 g/mol. The van der Waals surface area contributed by atoms with Gasteiger partial charge in [0.25, 0.3) is 11.2 Å². The van der Waals surface area contributed by atoms with Gasteiger partial charge in [0.15, 0.2) is 5.16 Å². The Morgan fingerprint density at radius 1 is 1.08 bits per heavy atom. The first kappa shape index (κ1) is 23.9. The highest BCUT2D eigenvalue weighted by Crippen LogP contribution is 2.28. The van der Waals surface area contributed by atoms with E-state index in [1.54, 1.807) is 12.1 Å². The SMILES string of the molecule is O=C(CSc1nc2c([nH]c3ccccc32)c(=O)n1-c1ccc([N+](=O)[O-])cc1)Nc1ccc(Cl)c(Cl)c1. The second-order valence-corrected chi connectivity index (χ2v) is 9.43. The van der Waals surface area contributed by atoms with Crippen LogP contribution in [0.5, 0.6) is 0 Å². The van der Waals surface area contributed by atoms with Gasteiger partial charge in [-0.25, -0.2) is 4.98 Å². The number of hydrogen-bond donors (Lipinski definition) is 2. The van der Waals surface area contributed by atoms with Crippen molar-refractivity contribution in [1.29, 1.82) is 0 Å². The fourth-order valence-corrected chi connectivity index (χ4v) is 4.80. The number of rotatable bonds is 6. The van der Waals surface area contributed by atoms with Gasteiger partial charge in [0.1, 0.15) is 11.0 Å². The molecule has 0 fully saturated rings. The van der Waals surface area contributed by atoms with Gasteiger partial charge in [0.05, 0.1) is 26.4 Å². The maximum Gasteiger partial charge on any atom is 0.283 e. The van der Waals surface area contributed by atoms with Crippen LogP contribution in [0.3, 0.4) is 0 Å². The molecule has 2 heterocycles. The van der Waals surface area contributed by atoms with Crippen molar-refractivity contribution in [2.45, 2.75) is 5.16 Å². The highest BCUT2D eigenvalue weighted by molar-refractivity contribution is 7.99. The first-order chi connectivity index (χ1) is 17.3. The van der Waals surface area contributed by atoms with E-state index in [-0.39, 0.29) is 22.5 Å². The minimum Gasteiger partial charge on any atom is -0.349 e. The van der Waals surface area contributed by atoms with Crippen molar-refractivity contribution in [2.24, 2.45) is 0 Å². The van der Waals surface area contributed by atoms with E-state index in [2.05, 4.69) is 10.3 Å². The number of aromatic nitrogens is 3. The topological polar surface area (TPSA) is 123 Å². The Bertz CT molecular complexity index is 1720. The van der Waals surface area contributed by atoms with Crippen molar-refractivity contribution in [2.75, 3.05) is 11.1 Å². The number of nitro groups is 1. The van der Waals surface area contributed by atoms with E-state index >= 15 is 0 Å². The molecule has 2 N–H and O–H groups in total. The number of nitrogens with zero attached hydrogens (tertiary/aromatic N) is 3. The Kier molecular flexibility index (Phi) is 6.40. The van der Waals surface area contributed by atoms with Gasteiger partial charge >= 0.3 is 0 Å². The highest BCUT2D eigenvalue weighted by Gasteiger charge is 2.19. The molecule has 9 nitrogen and oxygen atoms in total. The Morgan fingerprint density at radius 2 is 1.83 bits per heavy atom. The van der Waals surface area contributed by atoms with E-state index in [0.29, 0.717) is 32.5 Å². The number of amides is 1. The highest BCUT2D eigenvalue weighted by atomic mass is 35.5. The van der Waals surface area contributed by atoms with Crippen LogP contribution in [0, 0.1) is 10.1 Å². The lowest BCUT2D eigenvalue weighted by atomic mass is 10.2. The summed E-state index contributed by atoms with van der Waals surface area (Å²) in [5.41, 5.74) is 1.86. The standard InChI is InChI=1S/C24H15Cl2N5O4S/c25-17-10-5-13(11-18(17)26)27-20(32)12-36-24-29-21-16-3-1-2-4-19(16)28-22(21)23(33)30(24)14-6-8-15(9-7-14)31(34)35/h1-11,28H,12H2,(H,27,32). The summed E-state index contributed by atoms with van der Waals surface area (Å²) in [6, 6.07) is 17.7. The lowest BCUT2D eigenvalue weighted by Crippen LogP contribution is -2.23. The smallest absolute Gasteiger partial charge is 0.283 e. The molecular formula is C24H15Cl2N5O4S. The molecule has 0 saturated carbocycles. The van der Waals surface area contributed by atoms with Crippen molar-refractivity contribution >= 4 is 74.2 Å². The molecule has 3 aromatic carbocycles. The van der Waals surface area contributed by atoms with Gasteiger partial charge in [-0.3, -0.25) is 24.3 Å². The molecule has 2 aromatic heterocycles. The van der Waals surface area contributed by atoms with E-state index < -0.39 is 10.5 Å². The van der Waals surface area contributed by atoms with Gasteiger partial charge in [-0.2, -0.15) is 0 Å². The predicted octanol–water partition coefficient (Wildman–Crippen LogP) is 5.81. The van der Waals surface area contributed by atoms with E-state index in [9.17, 15) is 19.7 Å². The zero-order valence-corrected chi connectivity index (χ0v) is 20.5. The van der Waals surface area contributed by atoms with Gasteiger partial charge in [-0.05, 0) is 36.4 Å². The molecule has 0 aliphatic heterocycles. The molecule has 5 aromatic rings. The number of non-ortho nitro benzene ring substituents is 1. The van der Waals surface area contributed by atoms with Crippen LogP contribution in [0.1, 0.15) is 0 Å². The van der Waals surface area contributed by atoms with E-state index in [1.165, 1.54) is 34.9 Å². The summed E-state index contributed by atoms with van der Waals surface area (Å²) in [5.74, 6) is -0.407. The molecule has 5 rings (SSSR count). The van der Waals surface area contributed by atoms with Crippen molar-refractivity contribution in [3.8, 4) is 5.69 Å². The number of thioether (sulfide) groups is 1. The third-order valence-corrected chi connectivity index (χ3v) is 7.03. The monoisotopic (exact) mass is 539 g/mol. The molecule has 36 heavy (non-hydrogen) atoms. The minimum absolute atomic E-state index is 0.0620. The summed E-state index contributed by atoms with van der Waals surface area (Å²) in [6.07, 6.45) is 0. The van der Waals surface area contributed by atoms with Crippen LogP contribution in [0.4, 0.5) is 11.4 Å². The number of H-pyrrole nitrogens is 1. The van der Waals surface area contributed by atoms with Gasteiger partial charge in [0, 0.05) is 28.7 Å². The molecule has 0 spiro atoms. The normalized spacial score (nSPS) is 11.2. The molecule has 0 radical (unpaired) electrons. The molecule has 0 atom stereocenters. The number of aromatic amines is 1. The third-order valence-electron chi connectivity index (χ3n) is 5.35. The van der Waals surface area contributed by atoms with Crippen molar-refractivity contribution < 1.29 is 9.72 Å². The number of anilines is 1. The van der Waals surface area contributed by atoms with Crippen LogP contribution in [0.25, 0.3) is 27.6 Å². The number of carbonyl (C=O) groups is 1. The molecule has 1 amide bonds. The van der Waals surface area contributed by atoms with E-state index in [0.717, 1.165) is 22.7 Å². The Labute approximate surface area is 217 Å². The number of nitro benzene ring substituents is 1. The Hall–Kier alpha value is -3.86. The predicted molar refractivity (Wildman–Crippen MR) is 142 cm³/mol. The summed E-state index contributed by atoms with van der Waals surface area (Å²) < 4.78 is 1.33. The van der Waals surface area contributed by atoms with Gasteiger partial charge in [-0.1, -0.05) is 53.2 Å². The molecule has 0 bridgehead atoms. The van der Waals surface area contributed by atoms with Gasteiger partial charge < -0.3 is 10.3 Å². The molecule has 0 aliphatic rings. The first-order valence-corrected chi connectivity index (χ1v) is 12.2. The maximum absolute atomic E-state index is 13.6. The summed E-state index contributed by atoms with van der Waals surface area (Å²) >= 11 is 13.0. The number of nitrogens with one attached hydrogen (secondary N) is 2. The Morgan fingerprint density at radius 3 is 2.56 bits per heavy atom. The first-order valence-electron chi connectivity index (χ1n) is 10.5. The molecule has 0 saturated heterocycles. The molecule has 0 aliphatic carbocycles. The van der Waals surface area contributed by atoms with Crippen LogP contribution in [-0.4, -0.2) is 31.1 Å². The maximum atomic E-state index is 13.6.